The number of amides is 1. The standard InChI is InChI=1S/C12H18N4O2/c17-10-4-7-16(8-5-10)9-12(18)15-14-11-3-1-2-6-13-11/h1-3,6,10,17H,4-5,7-9H2,(H,13,14)(H,15,18). The zero-order chi connectivity index (χ0) is 12.8. The molecule has 1 aliphatic heterocycles. The van der Waals surface area contributed by atoms with Gasteiger partial charge in [-0.2, -0.15) is 0 Å². The highest BCUT2D eigenvalue weighted by molar-refractivity contribution is 5.79. The molecule has 1 aromatic heterocycles. The molecule has 1 fully saturated rings. The van der Waals surface area contributed by atoms with Crippen LogP contribution in [-0.2, 0) is 4.79 Å². The Balaban J connectivity index is 1.69. The molecular weight excluding hydrogens is 232 g/mol. The number of carbonyl (C=O) groups is 1. The van der Waals surface area contributed by atoms with Crippen molar-refractivity contribution in [1.29, 1.82) is 0 Å². The Kier molecular flexibility index (Phi) is 4.49. The lowest BCUT2D eigenvalue weighted by atomic mass is 10.1. The second-order valence-electron chi connectivity index (χ2n) is 4.40. The topological polar surface area (TPSA) is 77.5 Å². The van der Waals surface area contributed by atoms with Gasteiger partial charge in [0, 0.05) is 19.3 Å². The van der Waals surface area contributed by atoms with E-state index in [2.05, 4.69) is 15.8 Å². The van der Waals surface area contributed by atoms with E-state index in [9.17, 15) is 9.90 Å². The molecule has 0 saturated carbocycles. The van der Waals surface area contributed by atoms with Crippen LogP contribution in [0.25, 0.3) is 0 Å². The summed E-state index contributed by atoms with van der Waals surface area (Å²) in [5, 5.41) is 9.37. The number of pyridine rings is 1. The van der Waals surface area contributed by atoms with Crippen LogP contribution in [0.1, 0.15) is 12.8 Å². The fourth-order valence-corrected chi connectivity index (χ4v) is 1.89. The molecule has 0 aliphatic carbocycles. The van der Waals surface area contributed by atoms with Crippen LogP contribution in [0.15, 0.2) is 24.4 Å². The molecule has 1 saturated heterocycles. The minimum atomic E-state index is -0.212. The molecule has 0 unspecified atom stereocenters. The van der Waals surface area contributed by atoms with Gasteiger partial charge in [-0.05, 0) is 25.0 Å². The van der Waals surface area contributed by atoms with Crippen molar-refractivity contribution in [2.75, 3.05) is 25.1 Å². The Labute approximate surface area is 106 Å². The van der Waals surface area contributed by atoms with E-state index in [4.69, 9.17) is 0 Å². The summed E-state index contributed by atoms with van der Waals surface area (Å²) in [7, 11) is 0. The van der Waals surface area contributed by atoms with Gasteiger partial charge in [0.15, 0.2) is 0 Å². The van der Waals surface area contributed by atoms with Crippen molar-refractivity contribution in [1.82, 2.24) is 15.3 Å². The molecule has 0 atom stereocenters. The molecule has 2 rings (SSSR count). The fraction of sp³-hybridized carbons (Fsp3) is 0.500. The number of rotatable bonds is 4. The maximum atomic E-state index is 11.7. The predicted molar refractivity (Wildman–Crippen MR) is 67.7 cm³/mol. The molecular formula is C12H18N4O2. The van der Waals surface area contributed by atoms with Crippen LogP contribution in [0.4, 0.5) is 5.82 Å². The minimum absolute atomic E-state index is 0.1000. The van der Waals surface area contributed by atoms with Crippen molar-refractivity contribution in [3.63, 3.8) is 0 Å². The Hall–Kier alpha value is -1.66. The Bertz CT molecular complexity index is 377. The van der Waals surface area contributed by atoms with Crippen molar-refractivity contribution >= 4 is 11.7 Å². The number of nitrogens with zero attached hydrogens (tertiary/aromatic N) is 2. The van der Waals surface area contributed by atoms with Gasteiger partial charge in [0.1, 0.15) is 5.82 Å². The largest absolute Gasteiger partial charge is 0.393 e. The van der Waals surface area contributed by atoms with Gasteiger partial charge in [0.2, 0.25) is 0 Å². The summed E-state index contributed by atoms with van der Waals surface area (Å²) in [5.41, 5.74) is 5.36. The molecule has 6 nitrogen and oxygen atoms in total. The number of anilines is 1. The van der Waals surface area contributed by atoms with Crippen LogP contribution in [0, 0.1) is 0 Å². The van der Waals surface area contributed by atoms with Crippen LogP contribution < -0.4 is 10.9 Å². The van der Waals surface area contributed by atoms with Crippen LogP contribution in [0.3, 0.4) is 0 Å². The maximum Gasteiger partial charge on any atom is 0.252 e. The normalized spacial score (nSPS) is 17.4. The highest BCUT2D eigenvalue weighted by Crippen LogP contribution is 2.08. The van der Waals surface area contributed by atoms with E-state index in [1.165, 1.54) is 0 Å². The lowest BCUT2D eigenvalue weighted by molar-refractivity contribution is -0.122. The van der Waals surface area contributed by atoms with E-state index >= 15 is 0 Å². The molecule has 1 amide bonds. The molecule has 2 heterocycles. The summed E-state index contributed by atoms with van der Waals surface area (Å²) in [5.74, 6) is 0.511. The highest BCUT2D eigenvalue weighted by atomic mass is 16.3. The van der Waals surface area contributed by atoms with E-state index < -0.39 is 0 Å². The SMILES string of the molecule is O=C(CN1CCC(O)CC1)NNc1ccccn1. The summed E-state index contributed by atoms with van der Waals surface area (Å²) in [6.45, 7) is 1.86. The third-order valence-corrected chi connectivity index (χ3v) is 2.92. The summed E-state index contributed by atoms with van der Waals surface area (Å²) < 4.78 is 0. The number of piperidine rings is 1. The van der Waals surface area contributed by atoms with Gasteiger partial charge >= 0.3 is 0 Å². The first kappa shape index (κ1) is 12.8. The zero-order valence-corrected chi connectivity index (χ0v) is 10.2. The summed E-state index contributed by atoms with van der Waals surface area (Å²) in [6, 6.07) is 5.43. The minimum Gasteiger partial charge on any atom is -0.393 e. The predicted octanol–water partition coefficient (Wildman–Crippen LogP) is -0.0186. The number of hydrazine groups is 1. The number of hydrogen-bond acceptors (Lipinski definition) is 5. The first-order valence-electron chi connectivity index (χ1n) is 6.10. The third kappa shape index (κ3) is 3.97. The van der Waals surface area contributed by atoms with Crippen molar-refractivity contribution in [2.24, 2.45) is 0 Å². The molecule has 0 radical (unpaired) electrons. The highest BCUT2D eigenvalue weighted by Gasteiger charge is 2.18. The Morgan fingerprint density at radius 1 is 1.44 bits per heavy atom. The molecule has 98 valence electrons. The smallest absolute Gasteiger partial charge is 0.252 e. The number of nitrogens with one attached hydrogen (secondary N) is 2. The second kappa shape index (κ2) is 6.32. The maximum absolute atomic E-state index is 11.7. The van der Waals surface area contributed by atoms with Crippen molar-refractivity contribution in [2.45, 2.75) is 18.9 Å². The van der Waals surface area contributed by atoms with E-state index in [-0.39, 0.29) is 12.0 Å². The zero-order valence-electron chi connectivity index (χ0n) is 10.2. The van der Waals surface area contributed by atoms with Crippen molar-refractivity contribution in [3.8, 4) is 0 Å². The molecule has 6 heteroatoms. The van der Waals surface area contributed by atoms with Gasteiger partial charge in [-0.15, -0.1) is 0 Å². The summed E-state index contributed by atoms with van der Waals surface area (Å²) in [4.78, 5) is 17.7. The molecule has 0 spiro atoms. The molecule has 18 heavy (non-hydrogen) atoms. The number of aliphatic hydroxyl groups is 1. The van der Waals surface area contributed by atoms with Gasteiger partial charge in [-0.25, -0.2) is 4.98 Å². The van der Waals surface area contributed by atoms with Gasteiger partial charge in [-0.3, -0.25) is 20.5 Å². The van der Waals surface area contributed by atoms with E-state index in [0.717, 1.165) is 25.9 Å². The number of aliphatic hydroxyl groups excluding tert-OH is 1. The van der Waals surface area contributed by atoms with Gasteiger partial charge in [0.05, 0.1) is 12.6 Å². The van der Waals surface area contributed by atoms with E-state index in [1.54, 1.807) is 12.3 Å². The third-order valence-electron chi connectivity index (χ3n) is 2.92. The molecule has 1 aromatic rings. The monoisotopic (exact) mass is 250 g/mol. The molecule has 0 aromatic carbocycles. The first-order chi connectivity index (χ1) is 8.74. The second-order valence-corrected chi connectivity index (χ2v) is 4.40. The van der Waals surface area contributed by atoms with Gasteiger partial charge < -0.3 is 5.11 Å². The van der Waals surface area contributed by atoms with Crippen LogP contribution in [0.5, 0.6) is 0 Å². The quantitative estimate of drug-likeness (QED) is 0.655. The van der Waals surface area contributed by atoms with Crippen LogP contribution in [0.2, 0.25) is 0 Å². The number of likely N-dealkylation sites (tertiary alicyclic amines) is 1. The van der Waals surface area contributed by atoms with Crippen LogP contribution in [-0.4, -0.2) is 46.6 Å². The fourth-order valence-electron chi connectivity index (χ4n) is 1.89. The Morgan fingerprint density at radius 3 is 2.89 bits per heavy atom. The number of hydrogen-bond donors (Lipinski definition) is 3. The van der Waals surface area contributed by atoms with Crippen LogP contribution >= 0.6 is 0 Å². The molecule has 0 bridgehead atoms. The van der Waals surface area contributed by atoms with Gasteiger partial charge in [-0.1, -0.05) is 6.07 Å². The average molecular weight is 250 g/mol. The Morgan fingerprint density at radius 2 is 2.22 bits per heavy atom. The average Bonchev–Trinajstić information content (AvgIpc) is 2.40. The summed E-state index contributed by atoms with van der Waals surface area (Å²) >= 11 is 0. The van der Waals surface area contributed by atoms with E-state index in [1.807, 2.05) is 17.0 Å². The van der Waals surface area contributed by atoms with E-state index in [0.29, 0.717) is 12.4 Å². The van der Waals surface area contributed by atoms with Crippen molar-refractivity contribution in [3.05, 3.63) is 24.4 Å². The molecule has 1 aliphatic rings. The summed E-state index contributed by atoms with van der Waals surface area (Å²) in [6.07, 6.45) is 2.92. The van der Waals surface area contributed by atoms with Crippen molar-refractivity contribution < 1.29 is 9.90 Å². The number of aromatic nitrogens is 1. The number of carbonyl (C=O) groups excluding carboxylic acids is 1. The molecule has 3 N–H and O–H groups in total. The lowest BCUT2D eigenvalue weighted by Gasteiger charge is -2.28. The van der Waals surface area contributed by atoms with Gasteiger partial charge in [0.25, 0.3) is 5.91 Å². The lowest BCUT2D eigenvalue weighted by Crippen LogP contribution is -2.44. The first-order valence-corrected chi connectivity index (χ1v) is 6.10.